The van der Waals surface area contributed by atoms with Crippen molar-refractivity contribution in [2.45, 2.75) is 19.8 Å². The summed E-state index contributed by atoms with van der Waals surface area (Å²) in [5.74, 6) is 0.339. The van der Waals surface area contributed by atoms with Gasteiger partial charge in [-0.2, -0.15) is 0 Å². The summed E-state index contributed by atoms with van der Waals surface area (Å²) in [5.41, 5.74) is 1.03. The van der Waals surface area contributed by atoms with Crippen molar-refractivity contribution in [2.24, 2.45) is 0 Å². The molecule has 2 heteroatoms. The Hall–Kier alpha value is -0.430. The summed E-state index contributed by atoms with van der Waals surface area (Å²) < 4.78 is 0. The van der Waals surface area contributed by atoms with Crippen LogP contribution in [0, 0.1) is 0 Å². The third-order valence-electron chi connectivity index (χ3n) is 1.47. The number of aliphatic hydroxyl groups excluding tert-OH is 1. The molecule has 1 aliphatic carbocycles. The van der Waals surface area contributed by atoms with Crippen LogP contribution in [0.2, 0.25) is 0 Å². The van der Waals surface area contributed by atoms with Crippen LogP contribution in [0.4, 0.5) is 0 Å². The fraction of sp³-hybridized carbons (Fsp3) is 0.429. The summed E-state index contributed by atoms with van der Waals surface area (Å²) in [7, 11) is 0. The van der Waals surface area contributed by atoms with E-state index in [1.165, 1.54) is 0 Å². The summed E-state index contributed by atoms with van der Waals surface area (Å²) in [5, 5.41) is 9.82. The molecule has 0 atom stereocenters. The molecule has 0 aromatic carbocycles. The SMILES string of the molecule is CC1=C(O)C=C(Cl)CC1. The minimum Gasteiger partial charge on any atom is -0.508 e. The molecule has 50 valence electrons. The van der Waals surface area contributed by atoms with Gasteiger partial charge in [0.2, 0.25) is 0 Å². The Balaban J connectivity index is 2.83. The topological polar surface area (TPSA) is 20.2 Å². The largest absolute Gasteiger partial charge is 0.508 e. The smallest absolute Gasteiger partial charge is 0.115 e. The quantitative estimate of drug-likeness (QED) is 0.554. The van der Waals surface area contributed by atoms with Crippen molar-refractivity contribution < 1.29 is 5.11 Å². The van der Waals surface area contributed by atoms with E-state index in [4.69, 9.17) is 16.7 Å². The number of aliphatic hydroxyl groups is 1. The third-order valence-corrected chi connectivity index (χ3v) is 1.77. The Morgan fingerprint density at radius 3 is 2.67 bits per heavy atom. The fourth-order valence-corrected chi connectivity index (χ4v) is 0.977. The fourth-order valence-electron chi connectivity index (χ4n) is 0.779. The molecular weight excluding hydrogens is 136 g/mol. The van der Waals surface area contributed by atoms with Gasteiger partial charge in [0.25, 0.3) is 0 Å². The molecule has 0 amide bonds. The van der Waals surface area contributed by atoms with Crippen molar-refractivity contribution in [1.82, 2.24) is 0 Å². The highest BCUT2D eigenvalue weighted by molar-refractivity contribution is 6.29. The molecule has 1 nitrogen and oxygen atoms in total. The Labute approximate surface area is 59.6 Å². The van der Waals surface area contributed by atoms with E-state index in [0.29, 0.717) is 5.76 Å². The molecule has 0 aliphatic heterocycles. The molecule has 0 radical (unpaired) electrons. The Bertz CT molecular complexity index is 179. The van der Waals surface area contributed by atoms with E-state index in [2.05, 4.69) is 0 Å². The van der Waals surface area contributed by atoms with Gasteiger partial charge in [0.15, 0.2) is 0 Å². The maximum atomic E-state index is 9.07. The van der Waals surface area contributed by atoms with Crippen LogP contribution < -0.4 is 0 Å². The lowest BCUT2D eigenvalue weighted by atomic mass is 10.1. The van der Waals surface area contributed by atoms with E-state index in [1.54, 1.807) is 6.08 Å². The van der Waals surface area contributed by atoms with Crippen molar-refractivity contribution in [3.63, 3.8) is 0 Å². The minimum absolute atomic E-state index is 0.339. The van der Waals surface area contributed by atoms with Gasteiger partial charge in [-0.05, 0) is 31.4 Å². The average molecular weight is 145 g/mol. The normalized spacial score (nSPS) is 20.0. The van der Waals surface area contributed by atoms with Gasteiger partial charge in [-0.1, -0.05) is 11.6 Å². The molecule has 0 heterocycles. The summed E-state index contributed by atoms with van der Waals surface area (Å²) in [4.78, 5) is 0. The highest BCUT2D eigenvalue weighted by Gasteiger charge is 2.05. The van der Waals surface area contributed by atoms with Crippen LogP contribution in [-0.4, -0.2) is 5.11 Å². The van der Waals surface area contributed by atoms with Gasteiger partial charge in [-0.25, -0.2) is 0 Å². The third kappa shape index (κ3) is 1.49. The molecular formula is C7H9ClO. The van der Waals surface area contributed by atoms with Gasteiger partial charge in [0.1, 0.15) is 5.76 Å². The van der Waals surface area contributed by atoms with E-state index >= 15 is 0 Å². The number of hydrogen-bond donors (Lipinski definition) is 1. The summed E-state index contributed by atoms with van der Waals surface area (Å²) in [6.07, 6.45) is 3.37. The highest BCUT2D eigenvalue weighted by Crippen LogP contribution is 2.23. The zero-order chi connectivity index (χ0) is 6.85. The summed E-state index contributed by atoms with van der Waals surface area (Å²) in [6.45, 7) is 1.91. The Morgan fingerprint density at radius 2 is 2.22 bits per heavy atom. The molecule has 0 unspecified atom stereocenters. The maximum absolute atomic E-state index is 9.07. The monoisotopic (exact) mass is 144 g/mol. The van der Waals surface area contributed by atoms with Gasteiger partial charge in [0, 0.05) is 5.03 Å². The molecule has 0 spiro atoms. The van der Waals surface area contributed by atoms with Gasteiger partial charge < -0.3 is 5.11 Å². The van der Waals surface area contributed by atoms with Gasteiger partial charge in [0.05, 0.1) is 0 Å². The van der Waals surface area contributed by atoms with Crippen molar-refractivity contribution >= 4 is 11.6 Å². The van der Waals surface area contributed by atoms with Crippen LogP contribution in [0.25, 0.3) is 0 Å². The minimum atomic E-state index is 0.339. The van der Waals surface area contributed by atoms with E-state index in [-0.39, 0.29) is 0 Å². The second-order valence-electron chi connectivity index (χ2n) is 2.26. The van der Waals surface area contributed by atoms with Crippen molar-refractivity contribution in [3.8, 4) is 0 Å². The van der Waals surface area contributed by atoms with Crippen LogP contribution in [-0.2, 0) is 0 Å². The van der Waals surface area contributed by atoms with Crippen molar-refractivity contribution in [3.05, 3.63) is 22.4 Å². The van der Waals surface area contributed by atoms with Crippen LogP contribution in [0.3, 0.4) is 0 Å². The number of halogens is 1. The lowest BCUT2D eigenvalue weighted by Gasteiger charge is -2.08. The zero-order valence-corrected chi connectivity index (χ0v) is 6.07. The second kappa shape index (κ2) is 2.44. The van der Waals surface area contributed by atoms with Crippen molar-refractivity contribution in [1.29, 1.82) is 0 Å². The first-order valence-corrected chi connectivity index (χ1v) is 3.33. The first kappa shape index (κ1) is 6.69. The molecule has 0 aromatic heterocycles. The molecule has 0 saturated carbocycles. The van der Waals surface area contributed by atoms with E-state index < -0.39 is 0 Å². The molecule has 1 rings (SSSR count). The molecule has 1 N–H and O–H groups in total. The standard InChI is InChI=1S/C7H9ClO/c1-5-2-3-6(8)4-7(5)9/h4,9H,2-3H2,1H3. The molecule has 0 saturated heterocycles. The molecule has 0 bridgehead atoms. The van der Waals surface area contributed by atoms with Crippen LogP contribution in [0.15, 0.2) is 22.4 Å². The van der Waals surface area contributed by atoms with Crippen LogP contribution >= 0.6 is 11.6 Å². The van der Waals surface area contributed by atoms with Crippen molar-refractivity contribution in [2.75, 3.05) is 0 Å². The predicted molar refractivity (Wildman–Crippen MR) is 38.5 cm³/mol. The molecule has 0 aromatic rings. The second-order valence-corrected chi connectivity index (χ2v) is 2.74. The average Bonchev–Trinajstić information content (AvgIpc) is 1.80. The van der Waals surface area contributed by atoms with E-state index in [0.717, 1.165) is 23.4 Å². The maximum Gasteiger partial charge on any atom is 0.115 e. The van der Waals surface area contributed by atoms with E-state index in [9.17, 15) is 0 Å². The molecule has 0 fully saturated rings. The predicted octanol–water partition coefficient (Wildman–Crippen LogP) is 2.73. The van der Waals surface area contributed by atoms with Gasteiger partial charge in [-0.15, -0.1) is 0 Å². The molecule has 9 heavy (non-hydrogen) atoms. The summed E-state index contributed by atoms with van der Waals surface area (Å²) >= 11 is 5.64. The first-order chi connectivity index (χ1) is 4.20. The summed E-state index contributed by atoms with van der Waals surface area (Å²) in [6, 6.07) is 0. The highest BCUT2D eigenvalue weighted by atomic mass is 35.5. The number of rotatable bonds is 0. The zero-order valence-electron chi connectivity index (χ0n) is 5.32. The number of allylic oxidation sites excluding steroid dienone is 3. The molecule has 1 aliphatic rings. The Morgan fingerprint density at radius 1 is 1.56 bits per heavy atom. The van der Waals surface area contributed by atoms with Gasteiger partial charge >= 0.3 is 0 Å². The van der Waals surface area contributed by atoms with Crippen LogP contribution in [0.1, 0.15) is 19.8 Å². The van der Waals surface area contributed by atoms with E-state index in [1.807, 2.05) is 6.92 Å². The lowest BCUT2D eigenvalue weighted by molar-refractivity contribution is 0.419. The Kier molecular flexibility index (Phi) is 1.81. The van der Waals surface area contributed by atoms with Crippen LogP contribution in [0.5, 0.6) is 0 Å². The van der Waals surface area contributed by atoms with Gasteiger partial charge in [-0.3, -0.25) is 0 Å². The number of hydrogen-bond acceptors (Lipinski definition) is 1. The first-order valence-electron chi connectivity index (χ1n) is 2.95. The lowest BCUT2D eigenvalue weighted by Crippen LogP contribution is -1.92.